The molecule has 2 saturated heterocycles. The Labute approximate surface area is 139 Å². The van der Waals surface area contributed by atoms with Gasteiger partial charge in [-0.3, -0.25) is 4.79 Å². The van der Waals surface area contributed by atoms with E-state index in [1.165, 1.54) is 0 Å². The van der Waals surface area contributed by atoms with Crippen molar-refractivity contribution in [3.63, 3.8) is 0 Å². The van der Waals surface area contributed by atoms with Crippen molar-refractivity contribution < 1.29 is 17.9 Å². The number of hydrogen-bond donors (Lipinski definition) is 0. The molecule has 0 N–H and O–H groups in total. The van der Waals surface area contributed by atoms with Gasteiger partial charge < -0.3 is 14.5 Å². The Hall–Kier alpha value is -1.38. The number of carbonyl (C=O) groups is 1. The van der Waals surface area contributed by atoms with Gasteiger partial charge in [0.15, 0.2) is 0 Å². The van der Waals surface area contributed by atoms with E-state index in [0.717, 1.165) is 18.9 Å². The molecular weight excluding hydrogens is 342 g/mol. The van der Waals surface area contributed by atoms with E-state index in [1.54, 1.807) is 11.1 Å². The molecule has 0 radical (unpaired) electrons. The maximum atomic E-state index is 12.1. The fourth-order valence-electron chi connectivity index (χ4n) is 2.94. The molecule has 1 amide bonds. The fourth-order valence-corrected chi connectivity index (χ4v) is 4.26. The van der Waals surface area contributed by atoms with Crippen LogP contribution in [0.15, 0.2) is 18.3 Å². The van der Waals surface area contributed by atoms with E-state index in [4.69, 9.17) is 15.4 Å². The predicted octanol–water partition coefficient (Wildman–Crippen LogP) is 0.840. The van der Waals surface area contributed by atoms with Crippen LogP contribution in [0, 0.1) is 5.92 Å². The first-order valence-corrected chi connectivity index (χ1v) is 9.92. The highest BCUT2D eigenvalue weighted by molar-refractivity contribution is 8.13. The summed E-state index contributed by atoms with van der Waals surface area (Å²) in [4.78, 5) is 20.2. The van der Waals surface area contributed by atoms with Crippen molar-refractivity contribution in [3.05, 3.63) is 18.3 Å². The Morgan fingerprint density at radius 1 is 1.30 bits per heavy atom. The van der Waals surface area contributed by atoms with Gasteiger partial charge in [0.1, 0.15) is 5.82 Å². The van der Waals surface area contributed by atoms with Crippen LogP contribution in [0.25, 0.3) is 0 Å². The van der Waals surface area contributed by atoms with Crippen LogP contribution < -0.4 is 9.80 Å². The van der Waals surface area contributed by atoms with Gasteiger partial charge in [0.2, 0.25) is 15.0 Å². The molecule has 23 heavy (non-hydrogen) atoms. The molecule has 2 fully saturated rings. The molecule has 7 nitrogen and oxygen atoms in total. The van der Waals surface area contributed by atoms with E-state index in [1.807, 2.05) is 12.1 Å². The number of amides is 1. The summed E-state index contributed by atoms with van der Waals surface area (Å²) >= 11 is 0. The third kappa shape index (κ3) is 4.13. The standard InChI is InChI=1S/C14H18ClN3O4S/c15-23(20,21)10-11-7-14(19)18(9-11)12-1-2-13(16-8-12)17-3-5-22-6-4-17/h1-2,8,11H,3-7,9-10H2. The van der Waals surface area contributed by atoms with Gasteiger partial charge in [-0.05, 0) is 12.1 Å². The number of halogens is 1. The molecule has 9 heteroatoms. The van der Waals surface area contributed by atoms with Crippen LogP contribution in [0.5, 0.6) is 0 Å². The van der Waals surface area contributed by atoms with Crippen molar-refractivity contribution in [2.24, 2.45) is 5.92 Å². The van der Waals surface area contributed by atoms with Crippen molar-refractivity contribution in [3.8, 4) is 0 Å². The van der Waals surface area contributed by atoms with E-state index in [0.29, 0.717) is 25.4 Å². The smallest absolute Gasteiger partial charge is 0.232 e. The van der Waals surface area contributed by atoms with E-state index >= 15 is 0 Å². The molecule has 2 aliphatic rings. The lowest BCUT2D eigenvalue weighted by atomic mass is 10.1. The third-order valence-electron chi connectivity index (χ3n) is 4.02. The monoisotopic (exact) mass is 359 g/mol. The number of morpholine rings is 1. The SMILES string of the molecule is O=C1CC(CS(=O)(=O)Cl)CN1c1ccc(N2CCOCC2)nc1. The number of hydrogen-bond acceptors (Lipinski definition) is 6. The van der Waals surface area contributed by atoms with Crippen molar-refractivity contribution >= 4 is 37.1 Å². The van der Waals surface area contributed by atoms with Gasteiger partial charge in [-0.1, -0.05) is 0 Å². The first-order chi connectivity index (χ1) is 10.9. The molecule has 0 bridgehead atoms. The summed E-state index contributed by atoms with van der Waals surface area (Å²) < 4.78 is 27.6. The topological polar surface area (TPSA) is 79.8 Å². The van der Waals surface area contributed by atoms with Crippen molar-refractivity contribution in [2.75, 3.05) is 48.4 Å². The second-order valence-corrected chi connectivity index (χ2v) is 8.58. The highest BCUT2D eigenvalue weighted by Crippen LogP contribution is 2.27. The van der Waals surface area contributed by atoms with Crippen molar-refractivity contribution in [1.29, 1.82) is 0 Å². The maximum Gasteiger partial charge on any atom is 0.232 e. The highest BCUT2D eigenvalue weighted by Gasteiger charge is 2.33. The van der Waals surface area contributed by atoms with Crippen molar-refractivity contribution in [1.82, 2.24) is 4.98 Å². The number of nitrogens with zero attached hydrogens (tertiary/aromatic N) is 3. The van der Waals surface area contributed by atoms with Crippen LogP contribution in [0.3, 0.4) is 0 Å². The van der Waals surface area contributed by atoms with Gasteiger partial charge in [0.05, 0.1) is 30.9 Å². The van der Waals surface area contributed by atoms with Crippen LogP contribution in [-0.4, -0.2) is 57.9 Å². The molecule has 0 aromatic carbocycles. The minimum absolute atomic E-state index is 0.101. The molecule has 1 aromatic heterocycles. The van der Waals surface area contributed by atoms with Gasteiger partial charge >= 0.3 is 0 Å². The van der Waals surface area contributed by atoms with Crippen LogP contribution in [0.4, 0.5) is 11.5 Å². The third-order valence-corrected chi connectivity index (χ3v) is 5.27. The molecule has 0 aliphatic carbocycles. The van der Waals surface area contributed by atoms with E-state index in [9.17, 15) is 13.2 Å². The normalized spacial score (nSPS) is 22.7. The molecule has 1 aromatic rings. The second-order valence-electron chi connectivity index (χ2n) is 5.75. The summed E-state index contributed by atoms with van der Waals surface area (Å²) in [6.45, 7) is 3.31. The molecule has 126 valence electrons. The average molecular weight is 360 g/mol. The first-order valence-electron chi connectivity index (χ1n) is 7.44. The Kier molecular flexibility index (Phi) is 4.74. The van der Waals surface area contributed by atoms with Crippen LogP contribution >= 0.6 is 10.7 Å². The lowest BCUT2D eigenvalue weighted by Crippen LogP contribution is -2.36. The Bertz CT molecular complexity index is 674. The van der Waals surface area contributed by atoms with Gasteiger partial charge in [-0.15, -0.1) is 0 Å². The Morgan fingerprint density at radius 3 is 2.65 bits per heavy atom. The molecule has 1 atom stereocenters. The summed E-state index contributed by atoms with van der Waals surface area (Å²) in [6, 6.07) is 3.72. The number of ether oxygens (including phenoxy) is 1. The van der Waals surface area contributed by atoms with Gasteiger partial charge in [0.25, 0.3) is 0 Å². The number of pyridine rings is 1. The largest absolute Gasteiger partial charge is 0.378 e. The quantitative estimate of drug-likeness (QED) is 0.741. The summed E-state index contributed by atoms with van der Waals surface area (Å²) in [6.07, 6.45) is 1.84. The molecule has 3 heterocycles. The summed E-state index contributed by atoms with van der Waals surface area (Å²) in [7, 11) is 1.68. The van der Waals surface area contributed by atoms with E-state index in [2.05, 4.69) is 9.88 Å². The van der Waals surface area contributed by atoms with Crippen LogP contribution in [-0.2, 0) is 18.6 Å². The molecule has 0 saturated carbocycles. The number of rotatable bonds is 4. The van der Waals surface area contributed by atoms with Crippen LogP contribution in [0.1, 0.15) is 6.42 Å². The number of anilines is 2. The summed E-state index contributed by atoms with van der Waals surface area (Å²) in [5.41, 5.74) is 0.682. The zero-order valence-corrected chi connectivity index (χ0v) is 14.1. The average Bonchev–Trinajstić information content (AvgIpc) is 2.87. The maximum absolute atomic E-state index is 12.1. The Balaban J connectivity index is 1.68. The number of carbonyl (C=O) groups excluding carboxylic acids is 1. The van der Waals surface area contributed by atoms with Gasteiger partial charge in [-0.2, -0.15) is 0 Å². The predicted molar refractivity (Wildman–Crippen MR) is 87.4 cm³/mol. The fraction of sp³-hybridized carbons (Fsp3) is 0.571. The lowest BCUT2D eigenvalue weighted by molar-refractivity contribution is -0.117. The Morgan fingerprint density at radius 2 is 2.04 bits per heavy atom. The molecule has 0 spiro atoms. The van der Waals surface area contributed by atoms with Gasteiger partial charge in [0, 0.05) is 42.7 Å². The summed E-state index contributed by atoms with van der Waals surface area (Å²) in [5.74, 6) is 0.291. The van der Waals surface area contributed by atoms with Gasteiger partial charge in [-0.25, -0.2) is 13.4 Å². The first kappa shape index (κ1) is 16.5. The molecule has 3 rings (SSSR count). The van der Waals surface area contributed by atoms with E-state index in [-0.39, 0.29) is 24.0 Å². The zero-order chi connectivity index (χ0) is 16.4. The number of aromatic nitrogens is 1. The van der Waals surface area contributed by atoms with Crippen molar-refractivity contribution in [2.45, 2.75) is 6.42 Å². The second kappa shape index (κ2) is 6.62. The highest BCUT2D eigenvalue weighted by atomic mass is 35.7. The molecular formula is C14H18ClN3O4S. The van der Waals surface area contributed by atoms with Crippen LogP contribution in [0.2, 0.25) is 0 Å². The minimum Gasteiger partial charge on any atom is -0.378 e. The molecule has 1 unspecified atom stereocenters. The zero-order valence-electron chi connectivity index (χ0n) is 12.5. The summed E-state index contributed by atoms with van der Waals surface area (Å²) in [5, 5.41) is 0. The lowest BCUT2D eigenvalue weighted by Gasteiger charge is -2.28. The minimum atomic E-state index is -3.60. The van der Waals surface area contributed by atoms with E-state index < -0.39 is 9.05 Å². The molecule has 2 aliphatic heterocycles.